The number of para-hydroxylation sites is 1. The summed E-state index contributed by atoms with van der Waals surface area (Å²) in [7, 11) is -3.46. The Bertz CT molecular complexity index is 578. The maximum Gasteiger partial charge on any atom is 0.242 e. The van der Waals surface area contributed by atoms with Crippen LogP contribution in [-0.4, -0.2) is 21.5 Å². The quantitative estimate of drug-likeness (QED) is 0.775. The van der Waals surface area contributed by atoms with Gasteiger partial charge in [0.1, 0.15) is 4.90 Å². The van der Waals surface area contributed by atoms with Crippen LogP contribution >= 0.6 is 0 Å². The van der Waals surface area contributed by atoms with Crippen molar-refractivity contribution < 1.29 is 8.42 Å². The summed E-state index contributed by atoms with van der Waals surface area (Å²) in [5.74, 6) is 0.508. The molecule has 0 spiro atoms. The Labute approximate surface area is 128 Å². The van der Waals surface area contributed by atoms with E-state index in [1.54, 1.807) is 12.1 Å². The van der Waals surface area contributed by atoms with Gasteiger partial charge in [-0.1, -0.05) is 32.9 Å². The summed E-state index contributed by atoms with van der Waals surface area (Å²) in [6.45, 7) is 7.69. The molecule has 0 amide bonds. The summed E-state index contributed by atoms with van der Waals surface area (Å²) >= 11 is 0. The molecule has 0 unspecified atom stereocenters. The topological polar surface area (TPSA) is 58.2 Å². The van der Waals surface area contributed by atoms with Gasteiger partial charge in [0.15, 0.2) is 0 Å². The van der Waals surface area contributed by atoms with Gasteiger partial charge in [-0.15, -0.1) is 0 Å². The van der Waals surface area contributed by atoms with Gasteiger partial charge in [-0.05, 0) is 42.7 Å². The predicted octanol–water partition coefficient (Wildman–Crippen LogP) is 3.22. The molecule has 0 radical (unpaired) electrons. The molecule has 0 aliphatic heterocycles. The fourth-order valence-corrected chi connectivity index (χ4v) is 3.86. The van der Waals surface area contributed by atoms with Crippen molar-refractivity contribution in [3.05, 3.63) is 24.3 Å². The molecule has 1 saturated carbocycles. The van der Waals surface area contributed by atoms with Crippen LogP contribution in [0.15, 0.2) is 29.2 Å². The molecule has 1 aliphatic rings. The van der Waals surface area contributed by atoms with Gasteiger partial charge in [-0.2, -0.15) is 0 Å². The Balaban J connectivity index is 2.12. The lowest BCUT2D eigenvalue weighted by Gasteiger charge is -2.20. The van der Waals surface area contributed by atoms with Gasteiger partial charge in [-0.25, -0.2) is 13.1 Å². The van der Waals surface area contributed by atoms with Crippen LogP contribution in [-0.2, 0) is 10.0 Å². The van der Waals surface area contributed by atoms with Crippen molar-refractivity contribution in [3.63, 3.8) is 0 Å². The lowest BCUT2D eigenvalue weighted by Crippen LogP contribution is -2.33. The van der Waals surface area contributed by atoms with Crippen molar-refractivity contribution in [2.45, 2.75) is 44.9 Å². The van der Waals surface area contributed by atoms with Crippen LogP contribution in [0.3, 0.4) is 0 Å². The van der Waals surface area contributed by atoms with E-state index in [0.29, 0.717) is 23.0 Å². The van der Waals surface area contributed by atoms with E-state index in [1.165, 1.54) is 0 Å². The van der Waals surface area contributed by atoms with Crippen molar-refractivity contribution in [1.82, 2.24) is 4.72 Å². The first-order valence-electron chi connectivity index (χ1n) is 7.74. The number of hydrogen-bond donors (Lipinski definition) is 2. The molecular weight excluding hydrogens is 284 g/mol. The lowest BCUT2D eigenvalue weighted by molar-refractivity contribution is 0.357. The third-order valence-electron chi connectivity index (χ3n) is 4.47. The first kappa shape index (κ1) is 16.3. The molecule has 1 aliphatic carbocycles. The largest absolute Gasteiger partial charge is 0.384 e. The van der Waals surface area contributed by atoms with E-state index in [0.717, 1.165) is 25.8 Å². The van der Waals surface area contributed by atoms with Crippen molar-refractivity contribution in [1.29, 1.82) is 0 Å². The van der Waals surface area contributed by atoms with E-state index < -0.39 is 10.0 Å². The second-order valence-corrected chi connectivity index (χ2v) is 8.00. The SMILES string of the molecule is CCCNc1ccccc1S(=O)(=O)NCC1(C(C)C)CC1. The highest BCUT2D eigenvalue weighted by Crippen LogP contribution is 2.51. The molecule has 2 N–H and O–H groups in total. The second-order valence-electron chi connectivity index (χ2n) is 6.26. The molecule has 0 atom stereocenters. The zero-order valence-electron chi connectivity index (χ0n) is 13.1. The average molecular weight is 310 g/mol. The Morgan fingerprint density at radius 1 is 1.24 bits per heavy atom. The highest BCUT2D eigenvalue weighted by Gasteiger charge is 2.45. The maximum absolute atomic E-state index is 12.6. The fourth-order valence-electron chi connectivity index (χ4n) is 2.54. The Kier molecular flexibility index (Phi) is 4.94. The first-order valence-corrected chi connectivity index (χ1v) is 9.22. The lowest BCUT2D eigenvalue weighted by atomic mass is 9.93. The molecular formula is C16H26N2O2S. The smallest absolute Gasteiger partial charge is 0.242 e. The van der Waals surface area contributed by atoms with E-state index >= 15 is 0 Å². The molecule has 118 valence electrons. The zero-order valence-corrected chi connectivity index (χ0v) is 14.0. The number of hydrogen-bond acceptors (Lipinski definition) is 3. The molecule has 0 heterocycles. The van der Waals surface area contributed by atoms with Crippen LogP contribution < -0.4 is 10.0 Å². The van der Waals surface area contributed by atoms with Crippen LogP contribution in [0, 0.1) is 11.3 Å². The number of sulfonamides is 1. The molecule has 1 aromatic carbocycles. The summed E-state index contributed by atoms with van der Waals surface area (Å²) < 4.78 is 27.9. The Morgan fingerprint density at radius 3 is 2.48 bits per heavy atom. The number of benzene rings is 1. The van der Waals surface area contributed by atoms with Crippen LogP contribution in [0.5, 0.6) is 0 Å². The Hall–Kier alpha value is -1.07. The van der Waals surface area contributed by atoms with E-state index in [9.17, 15) is 8.42 Å². The molecule has 2 rings (SSSR count). The van der Waals surface area contributed by atoms with E-state index in [4.69, 9.17) is 0 Å². The standard InChI is InChI=1S/C16H26N2O2S/c1-4-11-17-14-7-5-6-8-15(14)21(19,20)18-12-16(9-10-16)13(2)3/h5-8,13,17-18H,4,9-12H2,1-3H3. The minimum absolute atomic E-state index is 0.166. The molecule has 4 nitrogen and oxygen atoms in total. The van der Waals surface area contributed by atoms with Crippen molar-refractivity contribution in [3.8, 4) is 0 Å². The van der Waals surface area contributed by atoms with Gasteiger partial charge in [0.05, 0.1) is 5.69 Å². The average Bonchev–Trinajstić information content (AvgIpc) is 3.25. The van der Waals surface area contributed by atoms with Gasteiger partial charge in [-0.3, -0.25) is 0 Å². The summed E-state index contributed by atoms with van der Waals surface area (Å²) in [6.07, 6.45) is 3.18. The highest BCUT2D eigenvalue weighted by molar-refractivity contribution is 7.89. The minimum atomic E-state index is -3.46. The van der Waals surface area contributed by atoms with E-state index in [1.807, 2.05) is 12.1 Å². The number of rotatable bonds is 8. The third-order valence-corrected chi connectivity index (χ3v) is 5.93. The van der Waals surface area contributed by atoms with E-state index in [-0.39, 0.29) is 5.41 Å². The molecule has 1 fully saturated rings. The van der Waals surface area contributed by atoms with Crippen LogP contribution in [0.4, 0.5) is 5.69 Å². The molecule has 1 aromatic rings. The van der Waals surface area contributed by atoms with Gasteiger partial charge in [0.25, 0.3) is 0 Å². The number of anilines is 1. The van der Waals surface area contributed by atoms with Gasteiger partial charge in [0, 0.05) is 13.1 Å². The second kappa shape index (κ2) is 6.36. The normalized spacial score (nSPS) is 17.0. The monoisotopic (exact) mass is 310 g/mol. The number of nitrogens with one attached hydrogen (secondary N) is 2. The van der Waals surface area contributed by atoms with Crippen LogP contribution in [0.2, 0.25) is 0 Å². The Morgan fingerprint density at radius 2 is 1.90 bits per heavy atom. The van der Waals surface area contributed by atoms with Gasteiger partial charge < -0.3 is 5.32 Å². The molecule has 0 bridgehead atoms. The van der Waals surface area contributed by atoms with Gasteiger partial charge in [0.2, 0.25) is 10.0 Å². The summed E-state index contributed by atoms with van der Waals surface area (Å²) in [5, 5.41) is 3.19. The van der Waals surface area contributed by atoms with Crippen LogP contribution in [0.1, 0.15) is 40.0 Å². The van der Waals surface area contributed by atoms with E-state index in [2.05, 4.69) is 30.8 Å². The van der Waals surface area contributed by atoms with Crippen molar-refractivity contribution in [2.24, 2.45) is 11.3 Å². The van der Waals surface area contributed by atoms with Crippen molar-refractivity contribution in [2.75, 3.05) is 18.4 Å². The zero-order chi connectivity index (χ0) is 15.5. The summed E-state index contributed by atoms with van der Waals surface area (Å²) in [6, 6.07) is 7.10. The highest BCUT2D eigenvalue weighted by atomic mass is 32.2. The molecule has 0 aromatic heterocycles. The minimum Gasteiger partial charge on any atom is -0.384 e. The first-order chi connectivity index (χ1) is 9.91. The summed E-state index contributed by atoms with van der Waals surface area (Å²) in [4.78, 5) is 0.345. The van der Waals surface area contributed by atoms with Gasteiger partial charge >= 0.3 is 0 Å². The third kappa shape index (κ3) is 3.77. The molecule has 5 heteroatoms. The molecule has 21 heavy (non-hydrogen) atoms. The van der Waals surface area contributed by atoms with Crippen LogP contribution in [0.25, 0.3) is 0 Å². The predicted molar refractivity (Wildman–Crippen MR) is 86.9 cm³/mol. The summed E-state index contributed by atoms with van der Waals surface area (Å²) in [5.41, 5.74) is 0.847. The fraction of sp³-hybridized carbons (Fsp3) is 0.625. The van der Waals surface area contributed by atoms with Crippen molar-refractivity contribution >= 4 is 15.7 Å². The maximum atomic E-state index is 12.6. The molecule has 0 saturated heterocycles.